The number of carbonyl (C=O) groups is 2. The van der Waals surface area contributed by atoms with Crippen molar-refractivity contribution in [2.45, 2.75) is 45.2 Å². The topological polar surface area (TPSA) is 52.7 Å². The molecule has 1 heterocycles. The van der Waals surface area contributed by atoms with Crippen LogP contribution in [0.5, 0.6) is 0 Å². The summed E-state index contributed by atoms with van der Waals surface area (Å²) in [7, 11) is 3.48. The quantitative estimate of drug-likeness (QED) is 0.776. The monoisotopic (exact) mass is 255 g/mol. The molecule has 1 N–H and O–H groups in total. The molecular weight excluding hydrogens is 230 g/mol. The summed E-state index contributed by atoms with van der Waals surface area (Å²) >= 11 is 0. The van der Waals surface area contributed by atoms with Gasteiger partial charge in [0.2, 0.25) is 11.8 Å². The van der Waals surface area contributed by atoms with Gasteiger partial charge in [-0.05, 0) is 12.8 Å². The Kier molecular flexibility index (Phi) is 5.59. The van der Waals surface area contributed by atoms with Crippen molar-refractivity contribution in [2.75, 3.05) is 27.2 Å². The molecule has 0 aromatic heterocycles. The first-order valence-electron chi connectivity index (χ1n) is 6.67. The van der Waals surface area contributed by atoms with Gasteiger partial charge in [0.25, 0.3) is 0 Å². The van der Waals surface area contributed by atoms with Crippen LogP contribution in [0.3, 0.4) is 0 Å². The molecule has 1 saturated heterocycles. The lowest BCUT2D eigenvalue weighted by Crippen LogP contribution is -2.46. The first-order valence-corrected chi connectivity index (χ1v) is 6.67. The van der Waals surface area contributed by atoms with Crippen molar-refractivity contribution in [3.8, 4) is 0 Å². The molecule has 0 aromatic rings. The van der Waals surface area contributed by atoms with Crippen molar-refractivity contribution in [1.82, 2.24) is 15.1 Å². The number of nitrogens with one attached hydrogen (secondary N) is 1. The molecule has 104 valence electrons. The van der Waals surface area contributed by atoms with Gasteiger partial charge in [-0.3, -0.25) is 9.59 Å². The van der Waals surface area contributed by atoms with Gasteiger partial charge in [-0.2, -0.15) is 0 Å². The molecule has 2 amide bonds. The van der Waals surface area contributed by atoms with E-state index in [2.05, 4.69) is 19.2 Å². The maximum Gasteiger partial charge on any atom is 0.244 e. The normalized spacial score (nSPS) is 19.4. The van der Waals surface area contributed by atoms with Gasteiger partial charge in [0.05, 0.1) is 0 Å². The zero-order valence-electron chi connectivity index (χ0n) is 11.9. The van der Waals surface area contributed by atoms with Crippen molar-refractivity contribution in [1.29, 1.82) is 0 Å². The van der Waals surface area contributed by atoms with E-state index in [1.54, 1.807) is 23.9 Å². The molecule has 0 bridgehead atoms. The van der Waals surface area contributed by atoms with Gasteiger partial charge in [0.1, 0.15) is 6.04 Å². The van der Waals surface area contributed by atoms with E-state index in [0.717, 1.165) is 12.8 Å². The molecular formula is C13H25N3O2. The minimum Gasteiger partial charge on any atom is -0.347 e. The summed E-state index contributed by atoms with van der Waals surface area (Å²) in [6, 6.07) is 0.141. The van der Waals surface area contributed by atoms with Crippen LogP contribution in [0.2, 0.25) is 0 Å². The molecule has 1 atom stereocenters. The maximum absolute atomic E-state index is 12.1. The molecule has 1 aliphatic heterocycles. The number of amides is 2. The Morgan fingerprint density at radius 3 is 2.61 bits per heavy atom. The molecule has 5 nitrogen and oxygen atoms in total. The van der Waals surface area contributed by atoms with Gasteiger partial charge in [0, 0.05) is 39.6 Å². The Morgan fingerprint density at radius 1 is 1.39 bits per heavy atom. The highest BCUT2D eigenvalue weighted by Crippen LogP contribution is 2.19. The number of carbonyl (C=O) groups excluding carboxylic acids is 2. The van der Waals surface area contributed by atoms with E-state index in [1.165, 1.54) is 0 Å². The standard InChI is InChI=1S/C13H25N3O2/c1-10(2)14-8-7-12(17)16-9-5-6-11(16)13(18)15(3)4/h10-11,14H,5-9H2,1-4H3. The van der Waals surface area contributed by atoms with Crippen LogP contribution in [-0.4, -0.2) is 60.9 Å². The third kappa shape index (κ3) is 3.98. The van der Waals surface area contributed by atoms with E-state index in [-0.39, 0.29) is 17.9 Å². The lowest BCUT2D eigenvalue weighted by atomic mass is 10.2. The van der Waals surface area contributed by atoms with E-state index in [0.29, 0.717) is 25.6 Å². The summed E-state index contributed by atoms with van der Waals surface area (Å²) < 4.78 is 0. The molecule has 1 unspecified atom stereocenters. The Balaban J connectivity index is 2.48. The Bertz CT molecular complexity index is 303. The predicted molar refractivity (Wildman–Crippen MR) is 71.2 cm³/mol. The van der Waals surface area contributed by atoms with Gasteiger partial charge in [-0.25, -0.2) is 0 Å². The van der Waals surface area contributed by atoms with Crippen LogP contribution in [-0.2, 0) is 9.59 Å². The fourth-order valence-corrected chi connectivity index (χ4v) is 2.23. The highest BCUT2D eigenvalue weighted by atomic mass is 16.2. The number of hydrogen-bond donors (Lipinski definition) is 1. The molecule has 0 aromatic carbocycles. The van der Waals surface area contributed by atoms with Crippen LogP contribution < -0.4 is 5.32 Å². The Morgan fingerprint density at radius 2 is 2.06 bits per heavy atom. The average molecular weight is 255 g/mol. The second-order valence-corrected chi connectivity index (χ2v) is 5.34. The molecule has 18 heavy (non-hydrogen) atoms. The third-order valence-corrected chi connectivity index (χ3v) is 3.19. The van der Waals surface area contributed by atoms with Gasteiger partial charge < -0.3 is 15.1 Å². The molecule has 0 saturated carbocycles. The van der Waals surface area contributed by atoms with Crippen molar-refractivity contribution in [3.63, 3.8) is 0 Å². The number of hydrogen-bond acceptors (Lipinski definition) is 3. The molecule has 1 fully saturated rings. The second-order valence-electron chi connectivity index (χ2n) is 5.34. The molecule has 5 heteroatoms. The molecule has 0 aliphatic carbocycles. The minimum absolute atomic E-state index is 0.0395. The van der Waals surface area contributed by atoms with Gasteiger partial charge in [0.15, 0.2) is 0 Å². The highest BCUT2D eigenvalue weighted by Gasteiger charge is 2.34. The van der Waals surface area contributed by atoms with Crippen LogP contribution in [0.1, 0.15) is 33.1 Å². The van der Waals surface area contributed by atoms with Crippen molar-refractivity contribution in [3.05, 3.63) is 0 Å². The number of likely N-dealkylation sites (tertiary alicyclic amines) is 1. The largest absolute Gasteiger partial charge is 0.347 e. The van der Waals surface area contributed by atoms with E-state index in [4.69, 9.17) is 0 Å². The third-order valence-electron chi connectivity index (χ3n) is 3.19. The van der Waals surface area contributed by atoms with Crippen LogP contribution in [0.4, 0.5) is 0 Å². The van der Waals surface area contributed by atoms with E-state index in [1.807, 2.05) is 0 Å². The predicted octanol–water partition coefficient (Wildman–Crippen LogP) is 0.454. The second kappa shape index (κ2) is 6.73. The molecule has 1 aliphatic rings. The fourth-order valence-electron chi connectivity index (χ4n) is 2.23. The van der Waals surface area contributed by atoms with Crippen LogP contribution in [0.15, 0.2) is 0 Å². The SMILES string of the molecule is CC(C)NCCC(=O)N1CCCC1C(=O)N(C)C. The van der Waals surface area contributed by atoms with Crippen molar-refractivity contribution >= 4 is 11.8 Å². The van der Waals surface area contributed by atoms with Gasteiger partial charge in [-0.1, -0.05) is 13.8 Å². The lowest BCUT2D eigenvalue weighted by molar-refractivity contribution is -0.142. The summed E-state index contributed by atoms with van der Waals surface area (Å²) in [6.07, 6.45) is 2.18. The maximum atomic E-state index is 12.1. The number of nitrogens with zero attached hydrogens (tertiary/aromatic N) is 2. The minimum atomic E-state index is -0.244. The summed E-state index contributed by atoms with van der Waals surface area (Å²) in [5, 5.41) is 3.22. The van der Waals surface area contributed by atoms with Gasteiger partial charge >= 0.3 is 0 Å². The van der Waals surface area contributed by atoms with E-state index >= 15 is 0 Å². The van der Waals surface area contributed by atoms with Crippen LogP contribution in [0.25, 0.3) is 0 Å². The Labute approximate surface area is 110 Å². The summed E-state index contributed by atoms with van der Waals surface area (Å²) in [5.41, 5.74) is 0. The van der Waals surface area contributed by atoms with Crippen LogP contribution in [0, 0.1) is 0 Å². The van der Waals surface area contributed by atoms with E-state index in [9.17, 15) is 9.59 Å². The number of rotatable bonds is 5. The molecule has 1 rings (SSSR count). The summed E-state index contributed by atoms with van der Waals surface area (Å²) in [6.45, 7) is 5.50. The summed E-state index contributed by atoms with van der Waals surface area (Å²) in [5.74, 6) is 0.124. The lowest BCUT2D eigenvalue weighted by Gasteiger charge is -2.26. The number of likely N-dealkylation sites (N-methyl/N-ethyl adjacent to an activating group) is 1. The zero-order chi connectivity index (χ0) is 13.7. The first-order chi connectivity index (χ1) is 8.43. The van der Waals surface area contributed by atoms with Crippen molar-refractivity contribution < 1.29 is 9.59 Å². The smallest absolute Gasteiger partial charge is 0.244 e. The molecule has 0 spiro atoms. The fraction of sp³-hybridized carbons (Fsp3) is 0.846. The van der Waals surface area contributed by atoms with Crippen molar-refractivity contribution in [2.24, 2.45) is 0 Å². The van der Waals surface area contributed by atoms with Gasteiger partial charge in [-0.15, -0.1) is 0 Å². The Hall–Kier alpha value is -1.10. The first kappa shape index (κ1) is 15.0. The zero-order valence-corrected chi connectivity index (χ0v) is 11.9. The van der Waals surface area contributed by atoms with Crippen LogP contribution >= 0.6 is 0 Å². The van der Waals surface area contributed by atoms with E-state index < -0.39 is 0 Å². The molecule has 0 radical (unpaired) electrons. The highest BCUT2D eigenvalue weighted by molar-refractivity contribution is 5.88. The summed E-state index contributed by atoms with van der Waals surface area (Å²) in [4.78, 5) is 27.4. The average Bonchev–Trinajstić information content (AvgIpc) is 2.75.